The number of aromatic nitrogens is 3. The largest absolute Gasteiger partial charge is 0.491 e. The van der Waals surface area contributed by atoms with E-state index in [2.05, 4.69) is 15.2 Å². The van der Waals surface area contributed by atoms with Gasteiger partial charge in [-0.25, -0.2) is 4.98 Å². The molecule has 0 bridgehead atoms. The molecule has 1 aliphatic heterocycles. The van der Waals surface area contributed by atoms with Gasteiger partial charge in [-0.2, -0.15) is 0 Å². The van der Waals surface area contributed by atoms with Gasteiger partial charge in [0.05, 0.1) is 18.9 Å². The predicted octanol–water partition coefficient (Wildman–Crippen LogP) is 1.37. The molecule has 0 spiro atoms. The highest BCUT2D eigenvalue weighted by atomic mass is 32.2. The Morgan fingerprint density at radius 1 is 1.50 bits per heavy atom. The zero-order valence-corrected chi connectivity index (χ0v) is 14.3. The number of hydrogen-bond donors (Lipinski definition) is 2. The van der Waals surface area contributed by atoms with Crippen LogP contribution in [-0.2, 0) is 24.4 Å². The Morgan fingerprint density at radius 3 is 3.12 bits per heavy atom. The quantitative estimate of drug-likeness (QED) is 0.793. The zero-order valence-electron chi connectivity index (χ0n) is 13.5. The summed E-state index contributed by atoms with van der Waals surface area (Å²) in [6, 6.07) is 5.57. The van der Waals surface area contributed by atoms with E-state index in [1.807, 2.05) is 25.1 Å². The summed E-state index contributed by atoms with van der Waals surface area (Å²) in [5, 5.41) is 16.8. The van der Waals surface area contributed by atoms with Gasteiger partial charge < -0.3 is 14.7 Å². The van der Waals surface area contributed by atoms with Gasteiger partial charge in [-0.05, 0) is 17.7 Å². The van der Waals surface area contributed by atoms with Crippen molar-refractivity contribution in [2.75, 3.05) is 18.9 Å². The highest BCUT2D eigenvalue weighted by Gasteiger charge is 2.20. The van der Waals surface area contributed by atoms with E-state index in [0.717, 1.165) is 29.1 Å². The minimum Gasteiger partial charge on any atom is -0.491 e. The number of rotatable bonds is 5. The number of aromatic amines is 1. The topological polar surface area (TPSA) is 91.3 Å². The van der Waals surface area contributed by atoms with Crippen molar-refractivity contribution in [2.45, 2.75) is 31.7 Å². The maximum absolute atomic E-state index is 12.5. The summed E-state index contributed by atoms with van der Waals surface area (Å²) in [5.41, 5.74) is 1.73. The van der Waals surface area contributed by atoms with Crippen LogP contribution in [0.3, 0.4) is 0 Å². The molecule has 2 aromatic rings. The number of carbonyl (C=O) groups excluding carboxylic acids is 1. The van der Waals surface area contributed by atoms with E-state index in [9.17, 15) is 9.90 Å². The van der Waals surface area contributed by atoms with Crippen LogP contribution in [0.5, 0.6) is 5.75 Å². The maximum atomic E-state index is 12.5. The van der Waals surface area contributed by atoms with Gasteiger partial charge in [0.2, 0.25) is 11.1 Å². The summed E-state index contributed by atoms with van der Waals surface area (Å²) < 4.78 is 5.70. The second-order valence-corrected chi connectivity index (χ2v) is 6.41. The third kappa shape index (κ3) is 3.88. The number of nitrogens with zero attached hydrogens (tertiary/aromatic N) is 3. The minimum absolute atomic E-state index is 0.0219. The fourth-order valence-electron chi connectivity index (χ4n) is 2.48. The van der Waals surface area contributed by atoms with E-state index in [-0.39, 0.29) is 18.3 Å². The number of carbonyl (C=O) groups is 1. The summed E-state index contributed by atoms with van der Waals surface area (Å²) in [7, 11) is 0. The summed E-state index contributed by atoms with van der Waals surface area (Å²) in [5.74, 6) is 1.90. The van der Waals surface area contributed by atoms with E-state index in [4.69, 9.17) is 4.74 Å². The number of H-pyrrole nitrogens is 1. The van der Waals surface area contributed by atoms with Crippen molar-refractivity contribution in [1.29, 1.82) is 0 Å². The summed E-state index contributed by atoms with van der Waals surface area (Å²) in [4.78, 5) is 18.6. The summed E-state index contributed by atoms with van der Waals surface area (Å²) in [6.45, 7) is 3.45. The smallest absolute Gasteiger partial charge is 0.233 e. The van der Waals surface area contributed by atoms with Gasteiger partial charge in [0.1, 0.15) is 18.2 Å². The standard InChI is InChI=1S/C16H20N4O3S/c1-2-14-17-16(19-18-14)24-10-15(22)20-5-6-23-13-4-3-11(9-21)7-12(13)8-20/h3-4,7,21H,2,5-6,8-10H2,1H3,(H,17,18,19). The highest BCUT2D eigenvalue weighted by Crippen LogP contribution is 2.25. The van der Waals surface area contributed by atoms with Crippen LogP contribution in [0, 0.1) is 0 Å². The number of hydrogen-bond acceptors (Lipinski definition) is 6. The Morgan fingerprint density at radius 2 is 2.38 bits per heavy atom. The molecular weight excluding hydrogens is 328 g/mol. The molecule has 1 aromatic heterocycles. The van der Waals surface area contributed by atoms with Crippen molar-refractivity contribution in [1.82, 2.24) is 20.1 Å². The van der Waals surface area contributed by atoms with E-state index >= 15 is 0 Å². The van der Waals surface area contributed by atoms with Crippen molar-refractivity contribution in [3.63, 3.8) is 0 Å². The van der Waals surface area contributed by atoms with Gasteiger partial charge in [-0.3, -0.25) is 9.89 Å². The number of aliphatic hydroxyl groups is 1. The van der Waals surface area contributed by atoms with Gasteiger partial charge in [-0.15, -0.1) is 5.10 Å². The normalized spacial score (nSPS) is 14.0. The van der Waals surface area contributed by atoms with Crippen molar-refractivity contribution in [2.24, 2.45) is 0 Å². The molecule has 8 heteroatoms. The molecule has 3 rings (SSSR count). The Balaban J connectivity index is 1.63. The third-order valence-corrected chi connectivity index (χ3v) is 4.64. The lowest BCUT2D eigenvalue weighted by atomic mass is 10.1. The molecule has 2 N–H and O–H groups in total. The van der Waals surface area contributed by atoms with Crippen LogP contribution < -0.4 is 4.74 Å². The molecule has 24 heavy (non-hydrogen) atoms. The first-order valence-corrected chi connectivity index (χ1v) is 8.85. The van der Waals surface area contributed by atoms with Crippen LogP contribution in [0.25, 0.3) is 0 Å². The molecular formula is C16H20N4O3S. The van der Waals surface area contributed by atoms with Gasteiger partial charge in [0, 0.05) is 18.5 Å². The number of thioether (sulfide) groups is 1. The van der Waals surface area contributed by atoms with Crippen molar-refractivity contribution in [3.8, 4) is 5.75 Å². The third-order valence-electron chi connectivity index (χ3n) is 3.81. The number of nitrogens with one attached hydrogen (secondary N) is 1. The Kier molecular flexibility index (Phi) is 5.37. The van der Waals surface area contributed by atoms with Crippen molar-refractivity contribution in [3.05, 3.63) is 35.2 Å². The van der Waals surface area contributed by atoms with E-state index in [1.54, 1.807) is 4.90 Å². The number of aryl methyl sites for hydroxylation is 1. The summed E-state index contributed by atoms with van der Waals surface area (Å²) >= 11 is 1.33. The van der Waals surface area contributed by atoms with Crippen LogP contribution in [0.1, 0.15) is 23.9 Å². The Labute approximate surface area is 144 Å². The minimum atomic E-state index is -0.0261. The number of fused-ring (bicyclic) bond motifs is 1. The Hall–Kier alpha value is -2.06. The molecule has 128 valence electrons. The van der Waals surface area contributed by atoms with E-state index < -0.39 is 0 Å². The molecule has 1 amide bonds. The highest BCUT2D eigenvalue weighted by molar-refractivity contribution is 7.99. The van der Waals surface area contributed by atoms with E-state index in [1.165, 1.54) is 11.8 Å². The second-order valence-electron chi connectivity index (χ2n) is 5.47. The zero-order chi connectivity index (χ0) is 16.9. The summed E-state index contributed by atoms with van der Waals surface area (Å²) in [6.07, 6.45) is 0.787. The van der Waals surface area contributed by atoms with Gasteiger partial charge >= 0.3 is 0 Å². The first-order valence-electron chi connectivity index (χ1n) is 7.87. The predicted molar refractivity (Wildman–Crippen MR) is 89.8 cm³/mol. The molecule has 1 aromatic carbocycles. The van der Waals surface area contributed by atoms with Crippen molar-refractivity contribution >= 4 is 17.7 Å². The molecule has 7 nitrogen and oxygen atoms in total. The molecule has 0 fully saturated rings. The molecule has 0 atom stereocenters. The number of amides is 1. The Bertz CT molecular complexity index is 719. The fourth-order valence-corrected chi connectivity index (χ4v) is 3.20. The molecule has 0 unspecified atom stereocenters. The first-order chi connectivity index (χ1) is 11.7. The van der Waals surface area contributed by atoms with Crippen molar-refractivity contribution < 1.29 is 14.6 Å². The molecule has 2 heterocycles. The van der Waals surface area contributed by atoms with Gasteiger partial charge in [-0.1, -0.05) is 24.8 Å². The van der Waals surface area contributed by atoms with Crippen LogP contribution in [-0.4, -0.2) is 50.0 Å². The molecule has 1 aliphatic rings. The molecule has 0 saturated carbocycles. The average Bonchev–Trinajstić information content (AvgIpc) is 2.97. The maximum Gasteiger partial charge on any atom is 0.233 e. The van der Waals surface area contributed by atoms with Crippen LogP contribution in [0.15, 0.2) is 23.4 Å². The first kappa shape index (κ1) is 16.8. The number of benzene rings is 1. The molecule has 0 aliphatic carbocycles. The van der Waals surface area contributed by atoms with Gasteiger partial charge in [0.15, 0.2) is 0 Å². The van der Waals surface area contributed by atoms with E-state index in [0.29, 0.717) is 24.9 Å². The number of aliphatic hydroxyl groups excluding tert-OH is 1. The SMILES string of the molecule is CCc1nc(SCC(=O)N2CCOc3ccc(CO)cc3C2)n[nH]1. The van der Waals surface area contributed by atoms with Crippen LogP contribution >= 0.6 is 11.8 Å². The lowest BCUT2D eigenvalue weighted by molar-refractivity contribution is -0.129. The lowest BCUT2D eigenvalue weighted by Crippen LogP contribution is -2.33. The average molecular weight is 348 g/mol. The molecule has 0 saturated heterocycles. The lowest BCUT2D eigenvalue weighted by Gasteiger charge is -2.19. The van der Waals surface area contributed by atoms with Gasteiger partial charge in [0.25, 0.3) is 0 Å². The number of ether oxygens (including phenoxy) is 1. The molecule has 0 radical (unpaired) electrons. The monoisotopic (exact) mass is 348 g/mol. The van der Waals surface area contributed by atoms with Crippen LogP contribution in [0.2, 0.25) is 0 Å². The van der Waals surface area contributed by atoms with Crippen LogP contribution in [0.4, 0.5) is 0 Å². The fraction of sp³-hybridized carbons (Fsp3) is 0.438. The second kappa shape index (κ2) is 7.67.